The van der Waals surface area contributed by atoms with Crippen LogP contribution < -0.4 is 0 Å². The van der Waals surface area contributed by atoms with Crippen molar-refractivity contribution in [2.45, 2.75) is 19.5 Å². The number of hydrogen-bond acceptors (Lipinski definition) is 3. The molecule has 1 aliphatic heterocycles. The number of nitrogens with zero attached hydrogens (tertiary/aromatic N) is 1. The molecule has 1 aromatic heterocycles. The predicted molar refractivity (Wildman–Crippen MR) is 75.5 cm³/mol. The number of fused-ring (bicyclic) bond motifs is 1. The zero-order valence-corrected chi connectivity index (χ0v) is 11.6. The van der Waals surface area contributed by atoms with Gasteiger partial charge in [0.15, 0.2) is 0 Å². The summed E-state index contributed by atoms with van der Waals surface area (Å²) in [5.41, 5.74) is 1.75. The lowest BCUT2D eigenvalue weighted by Gasteiger charge is -2.26. The summed E-state index contributed by atoms with van der Waals surface area (Å²) in [6.45, 7) is 2.08. The number of carboxylic acid groups (broad SMARTS) is 1. The number of thiophene rings is 1. The second kappa shape index (κ2) is 5.34. The number of rotatable bonds is 3. The van der Waals surface area contributed by atoms with Gasteiger partial charge < -0.3 is 5.11 Å². The van der Waals surface area contributed by atoms with E-state index in [0.717, 1.165) is 23.4 Å². The van der Waals surface area contributed by atoms with Gasteiger partial charge in [-0.2, -0.15) is 0 Å². The number of hydrogen-bond donors (Lipinski definition) is 1. The van der Waals surface area contributed by atoms with Gasteiger partial charge in [0.25, 0.3) is 0 Å². The van der Waals surface area contributed by atoms with Gasteiger partial charge in [-0.3, -0.25) is 4.90 Å². The van der Waals surface area contributed by atoms with Crippen molar-refractivity contribution in [3.63, 3.8) is 0 Å². The SMILES string of the molecule is O=C(O)c1cc2c(s1)CCN(Cc1ccccc1F)C2. The third-order valence-electron chi connectivity index (χ3n) is 3.51. The molecule has 3 rings (SSSR count). The van der Waals surface area contributed by atoms with Crippen LogP contribution in [-0.2, 0) is 19.5 Å². The Bertz CT molecular complexity index is 653. The summed E-state index contributed by atoms with van der Waals surface area (Å²) < 4.78 is 13.6. The molecule has 0 saturated carbocycles. The van der Waals surface area contributed by atoms with E-state index < -0.39 is 5.97 Å². The molecule has 1 aliphatic rings. The minimum absolute atomic E-state index is 0.185. The average Bonchev–Trinajstić information content (AvgIpc) is 2.85. The summed E-state index contributed by atoms with van der Waals surface area (Å²) in [6.07, 6.45) is 0.835. The van der Waals surface area contributed by atoms with Gasteiger partial charge in [0.1, 0.15) is 10.7 Å². The van der Waals surface area contributed by atoms with Crippen molar-refractivity contribution >= 4 is 17.3 Å². The smallest absolute Gasteiger partial charge is 0.345 e. The molecule has 0 saturated heterocycles. The maximum absolute atomic E-state index is 13.6. The van der Waals surface area contributed by atoms with E-state index in [9.17, 15) is 9.18 Å². The Labute approximate surface area is 120 Å². The highest BCUT2D eigenvalue weighted by atomic mass is 32.1. The van der Waals surface area contributed by atoms with Crippen molar-refractivity contribution in [3.05, 3.63) is 57.0 Å². The fourth-order valence-electron chi connectivity index (χ4n) is 2.50. The Morgan fingerprint density at radius 2 is 2.20 bits per heavy atom. The molecular formula is C15H14FNO2S. The van der Waals surface area contributed by atoms with Crippen LogP contribution in [0, 0.1) is 5.82 Å². The molecule has 104 valence electrons. The average molecular weight is 291 g/mol. The highest BCUT2D eigenvalue weighted by molar-refractivity contribution is 7.14. The van der Waals surface area contributed by atoms with Gasteiger partial charge in [-0.05, 0) is 24.1 Å². The molecule has 0 aliphatic carbocycles. The first kappa shape index (κ1) is 13.3. The molecule has 2 heterocycles. The maximum atomic E-state index is 13.6. The second-order valence-electron chi connectivity index (χ2n) is 4.92. The van der Waals surface area contributed by atoms with Gasteiger partial charge in [-0.15, -0.1) is 11.3 Å². The molecule has 0 fully saturated rings. The highest BCUT2D eigenvalue weighted by Gasteiger charge is 2.21. The van der Waals surface area contributed by atoms with Gasteiger partial charge in [0.2, 0.25) is 0 Å². The van der Waals surface area contributed by atoms with Crippen molar-refractivity contribution in [3.8, 4) is 0 Å². The number of carboxylic acids is 1. The molecule has 0 amide bonds. The quantitative estimate of drug-likeness (QED) is 0.944. The Balaban J connectivity index is 1.75. The molecule has 0 spiro atoms. The first-order chi connectivity index (χ1) is 9.63. The van der Waals surface area contributed by atoms with Crippen LogP contribution in [0.3, 0.4) is 0 Å². The van der Waals surface area contributed by atoms with Crippen molar-refractivity contribution in [2.24, 2.45) is 0 Å². The normalized spacial score (nSPS) is 15.1. The van der Waals surface area contributed by atoms with Crippen LogP contribution in [-0.4, -0.2) is 22.5 Å². The predicted octanol–water partition coefficient (Wildman–Crippen LogP) is 3.14. The molecule has 1 aromatic carbocycles. The second-order valence-corrected chi connectivity index (χ2v) is 6.05. The molecular weight excluding hydrogens is 277 g/mol. The number of halogens is 1. The largest absolute Gasteiger partial charge is 0.477 e. The zero-order valence-electron chi connectivity index (χ0n) is 10.8. The summed E-state index contributed by atoms with van der Waals surface area (Å²) >= 11 is 1.35. The van der Waals surface area contributed by atoms with E-state index in [1.807, 2.05) is 6.07 Å². The molecule has 0 unspecified atom stereocenters. The molecule has 5 heteroatoms. The van der Waals surface area contributed by atoms with Crippen LogP contribution in [0.1, 0.15) is 25.7 Å². The van der Waals surface area contributed by atoms with Crippen molar-refractivity contribution in [1.29, 1.82) is 0 Å². The minimum Gasteiger partial charge on any atom is -0.477 e. The minimum atomic E-state index is -0.870. The summed E-state index contributed by atoms with van der Waals surface area (Å²) in [5.74, 6) is -1.06. The van der Waals surface area contributed by atoms with Gasteiger partial charge in [0, 0.05) is 30.1 Å². The van der Waals surface area contributed by atoms with Crippen LogP contribution in [0.25, 0.3) is 0 Å². The van der Waals surface area contributed by atoms with Crippen LogP contribution in [0.2, 0.25) is 0 Å². The number of benzene rings is 1. The topological polar surface area (TPSA) is 40.5 Å². The Kier molecular flexibility index (Phi) is 3.54. The van der Waals surface area contributed by atoms with E-state index in [1.165, 1.54) is 17.4 Å². The van der Waals surface area contributed by atoms with Crippen LogP contribution >= 0.6 is 11.3 Å². The zero-order chi connectivity index (χ0) is 14.1. The molecule has 0 bridgehead atoms. The molecule has 0 radical (unpaired) electrons. The first-order valence-corrected chi connectivity index (χ1v) is 7.26. The van der Waals surface area contributed by atoms with Crippen molar-refractivity contribution in [2.75, 3.05) is 6.54 Å². The molecule has 1 N–H and O–H groups in total. The molecule has 2 aromatic rings. The third kappa shape index (κ3) is 2.59. The van der Waals surface area contributed by atoms with E-state index in [0.29, 0.717) is 23.5 Å². The first-order valence-electron chi connectivity index (χ1n) is 6.44. The van der Waals surface area contributed by atoms with Gasteiger partial charge in [-0.1, -0.05) is 18.2 Å². The number of aromatic carboxylic acids is 1. The lowest BCUT2D eigenvalue weighted by atomic mass is 10.1. The summed E-state index contributed by atoms with van der Waals surface area (Å²) in [7, 11) is 0. The van der Waals surface area contributed by atoms with Gasteiger partial charge in [0.05, 0.1) is 0 Å². The Hall–Kier alpha value is -1.72. The lowest BCUT2D eigenvalue weighted by Crippen LogP contribution is -2.29. The molecule has 20 heavy (non-hydrogen) atoms. The van der Waals surface area contributed by atoms with E-state index in [-0.39, 0.29) is 5.82 Å². The van der Waals surface area contributed by atoms with Gasteiger partial charge in [-0.25, -0.2) is 9.18 Å². The van der Waals surface area contributed by atoms with E-state index in [2.05, 4.69) is 4.90 Å². The maximum Gasteiger partial charge on any atom is 0.345 e. The molecule has 3 nitrogen and oxygen atoms in total. The fraction of sp³-hybridized carbons (Fsp3) is 0.267. The third-order valence-corrected chi connectivity index (χ3v) is 4.73. The molecule has 0 atom stereocenters. The van der Waals surface area contributed by atoms with E-state index >= 15 is 0 Å². The summed E-state index contributed by atoms with van der Waals surface area (Å²) in [6, 6.07) is 8.53. The number of carbonyl (C=O) groups is 1. The van der Waals surface area contributed by atoms with Gasteiger partial charge >= 0.3 is 5.97 Å². The monoisotopic (exact) mass is 291 g/mol. The van der Waals surface area contributed by atoms with E-state index in [1.54, 1.807) is 18.2 Å². The van der Waals surface area contributed by atoms with Crippen LogP contribution in [0.5, 0.6) is 0 Å². The van der Waals surface area contributed by atoms with Crippen LogP contribution in [0.15, 0.2) is 30.3 Å². The van der Waals surface area contributed by atoms with E-state index in [4.69, 9.17) is 5.11 Å². The van der Waals surface area contributed by atoms with Crippen molar-refractivity contribution < 1.29 is 14.3 Å². The summed E-state index contributed by atoms with van der Waals surface area (Å²) in [4.78, 5) is 14.7. The Morgan fingerprint density at radius 3 is 2.95 bits per heavy atom. The lowest BCUT2D eigenvalue weighted by molar-refractivity contribution is 0.0702. The van der Waals surface area contributed by atoms with Crippen molar-refractivity contribution in [1.82, 2.24) is 4.90 Å². The van der Waals surface area contributed by atoms with Crippen LogP contribution in [0.4, 0.5) is 4.39 Å². The Morgan fingerprint density at radius 1 is 1.40 bits per heavy atom. The standard InChI is InChI=1S/C15H14FNO2S/c16-12-4-2-1-3-10(12)8-17-6-5-13-11(9-17)7-14(20-13)15(18)19/h1-4,7H,5-6,8-9H2,(H,18,19). The fourth-order valence-corrected chi connectivity index (χ4v) is 3.50. The highest BCUT2D eigenvalue weighted by Crippen LogP contribution is 2.29. The summed E-state index contributed by atoms with van der Waals surface area (Å²) in [5, 5.41) is 9.02.